The topological polar surface area (TPSA) is 157 Å². The molecule has 2 amide bonds. The summed E-state index contributed by atoms with van der Waals surface area (Å²) in [6, 6.07) is 11.5. The van der Waals surface area contributed by atoms with Crippen LogP contribution in [-0.2, 0) is 24.4 Å². The van der Waals surface area contributed by atoms with Crippen LogP contribution < -0.4 is 10.1 Å². The van der Waals surface area contributed by atoms with Crippen LogP contribution in [0.1, 0.15) is 61.8 Å². The summed E-state index contributed by atoms with van der Waals surface area (Å²) in [5.74, 6) is -0.907. The molecule has 1 aliphatic rings. The first-order chi connectivity index (χ1) is 22.1. The molecule has 4 aromatic rings. The van der Waals surface area contributed by atoms with Gasteiger partial charge in [-0.05, 0) is 53.6 Å². The Kier molecular flexibility index (Phi) is 10.4. The fourth-order valence-electron chi connectivity index (χ4n) is 5.69. The number of hydrogen-bond acceptors (Lipinski definition) is 9. The van der Waals surface area contributed by atoms with E-state index in [9.17, 15) is 27.4 Å². The van der Waals surface area contributed by atoms with E-state index in [4.69, 9.17) is 9.47 Å². The molecular weight excluding hydrogens is 633 g/mol. The van der Waals surface area contributed by atoms with E-state index >= 15 is 0 Å². The van der Waals surface area contributed by atoms with Crippen molar-refractivity contribution in [1.29, 1.82) is 0 Å². The number of benzene rings is 2. The lowest BCUT2D eigenvalue weighted by Gasteiger charge is -2.28. The largest absolute Gasteiger partial charge is 0.488 e. The van der Waals surface area contributed by atoms with Gasteiger partial charge in [-0.25, -0.2) is 9.78 Å². The highest BCUT2D eigenvalue weighted by Gasteiger charge is 2.43. The van der Waals surface area contributed by atoms with E-state index in [2.05, 4.69) is 17.2 Å². The molecule has 0 unspecified atom stereocenters. The maximum absolute atomic E-state index is 14.2. The number of nitrogens with zero attached hydrogens (tertiary/aromatic N) is 3. The zero-order valence-corrected chi connectivity index (χ0v) is 27.1. The molecule has 1 saturated heterocycles. The lowest BCUT2D eigenvalue weighted by molar-refractivity contribution is -0.152. The molecule has 2 N–H and O–H groups in total. The molecule has 3 heterocycles. The Morgan fingerprint density at radius 1 is 1.13 bits per heavy atom. The second kappa shape index (κ2) is 14.4. The van der Waals surface area contributed by atoms with Gasteiger partial charge in [0.1, 0.15) is 28.8 Å². The van der Waals surface area contributed by atoms with Crippen molar-refractivity contribution in [2.45, 2.75) is 68.5 Å². The van der Waals surface area contributed by atoms with Crippen molar-refractivity contribution in [2.24, 2.45) is 0 Å². The van der Waals surface area contributed by atoms with Crippen LogP contribution in [0.2, 0.25) is 0 Å². The highest BCUT2D eigenvalue weighted by Crippen LogP contribution is 2.31. The predicted molar refractivity (Wildman–Crippen MR) is 173 cm³/mol. The summed E-state index contributed by atoms with van der Waals surface area (Å²) < 4.78 is 47.2. The molecule has 1 aliphatic heterocycles. The molecule has 5 rings (SSSR count). The van der Waals surface area contributed by atoms with E-state index < -0.39 is 45.1 Å². The number of fused-ring (bicyclic) bond motifs is 1. The van der Waals surface area contributed by atoms with E-state index in [1.54, 1.807) is 15.9 Å². The zero-order chi connectivity index (χ0) is 32.8. The monoisotopic (exact) mass is 668 g/mol. The van der Waals surface area contributed by atoms with Crippen molar-refractivity contribution in [3.8, 4) is 5.75 Å². The van der Waals surface area contributed by atoms with Crippen LogP contribution in [0.15, 0.2) is 71.3 Å². The van der Waals surface area contributed by atoms with Crippen molar-refractivity contribution in [2.75, 3.05) is 19.0 Å². The Balaban J connectivity index is 1.36. The van der Waals surface area contributed by atoms with Crippen LogP contribution in [0.25, 0.3) is 10.1 Å². The fraction of sp³-hybridized carbons (Fsp3) is 0.375. The van der Waals surface area contributed by atoms with Gasteiger partial charge in [0.2, 0.25) is 5.91 Å². The molecule has 0 saturated carbocycles. The van der Waals surface area contributed by atoms with E-state index in [0.29, 0.717) is 12.2 Å². The number of rotatable bonds is 13. The molecule has 0 radical (unpaired) electrons. The van der Waals surface area contributed by atoms with Crippen molar-refractivity contribution < 1.29 is 36.8 Å². The van der Waals surface area contributed by atoms with Gasteiger partial charge in [0.25, 0.3) is 16.0 Å². The number of ether oxygens (including phenoxy) is 2. The molecule has 3 atom stereocenters. The average Bonchev–Trinajstić information content (AvgIpc) is 3.80. The molecule has 0 spiro atoms. The van der Waals surface area contributed by atoms with E-state index in [0.717, 1.165) is 41.8 Å². The number of amides is 2. The number of hydrogen-bond donors (Lipinski definition) is 2. The molecule has 14 heteroatoms. The maximum atomic E-state index is 14.2. The number of imidazole rings is 1. The summed E-state index contributed by atoms with van der Waals surface area (Å²) in [4.78, 5) is 45.3. The third-order valence-corrected chi connectivity index (χ3v) is 9.78. The number of likely N-dealkylation sites (tertiary alicyclic amines) is 1. The number of esters is 1. The molecule has 2 aromatic heterocycles. The van der Waals surface area contributed by atoms with Crippen LogP contribution in [0.3, 0.4) is 0 Å². The van der Waals surface area contributed by atoms with Gasteiger partial charge in [-0.2, -0.15) is 8.42 Å². The zero-order valence-electron chi connectivity index (χ0n) is 25.5. The Labute approximate surface area is 271 Å². The van der Waals surface area contributed by atoms with Crippen LogP contribution in [-0.4, -0.2) is 71.0 Å². The molecule has 1 fully saturated rings. The van der Waals surface area contributed by atoms with Gasteiger partial charge >= 0.3 is 5.97 Å². The molecule has 46 heavy (non-hydrogen) atoms. The third-order valence-electron chi connectivity index (χ3n) is 7.97. The van der Waals surface area contributed by atoms with Crippen LogP contribution in [0.4, 0.5) is 5.82 Å². The number of unbranched alkanes of at least 4 members (excludes halogenated alkanes) is 3. The Bertz CT molecular complexity index is 1820. The normalized spacial score (nSPS) is 17.2. The highest BCUT2D eigenvalue weighted by atomic mass is 32.2. The summed E-state index contributed by atoms with van der Waals surface area (Å²) in [5.41, 5.74) is -0.256. The molecule has 0 aliphatic carbocycles. The number of thiophene rings is 1. The molecule has 12 nitrogen and oxygen atoms in total. The molecular formula is C32H36N4O8S2. The van der Waals surface area contributed by atoms with Gasteiger partial charge < -0.3 is 24.3 Å². The van der Waals surface area contributed by atoms with E-state index in [-0.39, 0.29) is 30.3 Å². The van der Waals surface area contributed by atoms with Gasteiger partial charge in [0, 0.05) is 17.3 Å². The number of anilines is 1. The van der Waals surface area contributed by atoms with Crippen molar-refractivity contribution in [1.82, 2.24) is 14.5 Å². The number of methoxy groups -OCH3 is 1. The summed E-state index contributed by atoms with van der Waals surface area (Å²) in [7, 11) is -3.36. The smallest absolute Gasteiger partial charge is 0.328 e. The van der Waals surface area contributed by atoms with Gasteiger partial charge in [0.15, 0.2) is 5.82 Å². The van der Waals surface area contributed by atoms with Crippen LogP contribution in [0.5, 0.6) is 5.75 Å². The molecule has 244 valence electrons. The van der Waals surface area contributed by atoms with Gasteiger partial charge in [-0.1, -0.05) is 44.7 Å². The summed E-state index contributed by atoms with van der Waals surface area (Å²) in [6.07, 6.45) is 6.84. The second-order valence-electron chi connectivity index (χ2n) is 11.1. The first-order valence-electron chi connectivity index (χ1n) is 15.0. The number of carbonyl (C=O) groups excluding carboxylic acids is 3. The highest BCUT2D eigenvalue weighted by molar-refractivity contribution is 7.86. The first-order valence-corrected chi connectivity index (χ1v) is 17.3. The minimum Gasteiger partial charge on any atom is -0.488 e. The Morgan fingerprint density at radius 2 is 1.93 bits per heavy atom. The molecule has 0 bridgehead atoms. The lowest BCUT2D eigenvalue weighted by atomic mass is 10.1. The third kappa shape index (κ3) is 7.57. The quantitative estimate of drug-likeness (QED) is 0.109. The number of carbonyl (C=O) groups is 3. The van der Waals surface area contributed by atoms with Crippen molar-refractivity contribution >= 4 is 55.1 Å². The summed E-state index contributed by atoms with van der Waals surface area (Å²) in [6.45, 7) is 2.27. The van der Waals surface area contributed by atoms with Crippen LogP contribution >= 0.6 is 11.3 Å². The summed E-state index contributed by atoms with van der Waals surface area (Å²) >= 11 is 1.63. The predicted octanol–water partition coefficient (Wildman–Crippen LogP) is 5.33. The van der Waals surface area contributed by atoms with Crippen molar-refractivity contribution in [3.63, 3.8) is 0 Å². The minimum absolute atomic E-state index is 0.0810. The molecule has 2 aromatic carbocycles. The van der Waals surface area contributed by atoms with Gasteiger partial charge in [-0.3, -0.25) is 14.1 Å². The Morgan fingerprint density at radius 3 is 2.70 bits per heavy atom. The summed E-state index contributed by atoms with van der Waals surface area (Å²) in [5, 5.41) is 5.60. The number of aromatic nitrogens is 2. The standard InChI is InChI=1S/C32H36N4O8S2/c1-3-4-5-6-10-25(35-19-29(33-20-35)34-30(37)24-9-7-8-11-28(24)46(40,41)42)31(38)36-18-23(17-26(36)32(39)43-2)44-22-12-13-27-21(16-22)14-15-45-27/h7-9,11-16,19-20,23,25-26H,3-6,10,17-18H2,1-2H3,(H,34,37)(H,40,41,42)/t23-,25+,26-/m0/s1. The number of nitrogens with one attached hydrogen (secondary N) is 1. The lowest BCUT2D eigenvalue weighted by Crippen LogP contribution is -2.44. The van der Waals surface area contributed by atoms with E-state index in [1.165, 1.54) is 42.7 Å². The van der Waals surface area contributed by atoms with Gasteiger partial charge in [0.05, 0.1) is 25.5 Å². The maximum Gasteiger partial charge on any atom is 0.328 e. The first kappa shape index (κ1) is 33.1. The van der Waals surface area contributed by atoms with Crippen molar-refractivity contribution in [3.05, 3.63) is 72.0 Å². The van der Waals surface area contributed by atoms with E-state index in [1.807, 2.05) is 29.6 Å². The van der Waals surface area contributed by atoms with Crippen LogP contribution in [0, 0.1) is 0 Å². The van der Waals surface area contributed by atoms with Gasteiger partial charge in [-0.15, -0.1) is 11.3 Å². The Hall–Kier alpha value is -4.27. The SMILES string of the molecule is CCCCCC[C@H](C(=O)N1C[C@@H](Oc2ccc3sccc3c2)C[C@H]1C(=O)OC)n1cnc(NC(=O)c2ccccc2S(=O)(=O)O)c1. The minimum atomic E-state index is -4.65. The average molecular weight is 669 g/mol. The second-order valence-corrected chi connectivity index (χ2v) is 13.5. The fourth-order valence-corrected chi connectivity index (χ4v) is 7.15.